The van der Waals surface area contributed by atoms with E-state index >= 15 is 0 Å². The topological polar surface area (TPSA) is 29.5 Å². The first-order valence-corrected chi connectivity index (χ1v) is 3.53. The van der Waals surface area contributed by atoms with E-state index in [2.05, 4.69) is 5.92 Å². The van der Waals surface area contributed by atoms with Crippen LogP contribution in [0.3, 0.4) is 0 Å². The van der Waals surface area contributed by atoms with Gasteiger partial charge in [0.05, 0.1) is 12.2 Å². The predicted octanol–water partition coefficient (Wildman–Crippen LogP) is 0.548. The highest BCUT2D eigenvalue weighted by Gasteiger charge is 2.25. The van der Waals surface area contributed by atoms with Crippen molar-refractivity contribution < 1.29 is 9.84 Å². The first-order chi connectivity index (χ1) is 4.74. The summed E-state index contributed by atoms with van der Waals surface area (Å²) in [5, 5.41) is 9.22. The van der Waals surface area contributed by atoms with Crippen molar-refractivity contribution in [3.63, 3.8) is 0 Å². The van der Waals surface area contributed by atoms with Crippen molar-refractivity contribution in [2.45, 2.75) is 38.1 Å². The third kappa shape index (κ3) is 1.50. The number of hydrogen-bond acceptors (Lipinski definition) is 2. The van der Waals surface area contributed by atoms with E-state index in [0.717, 1.165) is 12.8 Å². The van der Waals surface area contributed by atoms with E-state index in [4.69, 9.17) is 11.2 Å². The number of ether oxygens (including phenoxy) is 1. The maximum atomic E-state index is 9.22. The van der Waals surface area contributed by atoms with E-state index in [1.165, 1.54) is 0 Å². The quantitative estimate of drug-likeness (QED) is 0.498. The molecule has 2 heteroatoms. The molecule has 0 amide bonds. The van der Waals surface area contributed by atoms with Gasteiger partial charge in [0, 0.05) is 0 Å². The molecule has 1 heterocycles. The summed E-state index contributed by atoms with van der Waals surface area (Å²) in [6.45, 7) is 1.97. The molecule has 1 aliphatic rings. The summed E-state index contributed by atoms with van der Waals surface area (Å²) in [4.78, 5) is 0. The Balaban J connectivity index is 2.47. The van der Waals surface area contributed by atoms with Crippen LogP contribution in [0.15, 0.2) is 0 Å². The van der Waals surface area contributed by atoms with Gasteiger partial charge in [-0.3, -0.25) is 0 Å². The first-order valence-electron chi connectivity index (χ1n) is 3.53. The second-order valence-electron chi connectivity index (χ2n) is 2.68. The highest BCUT2D eigenvalue weighted by molar-refractivity contribution is 5.00. The molecule has 0 aromatic heterocycles. The molecule has 0 radical (unpaired) electrons. The van der Waals surface area contributed by atoms with Gasteiger partial charge in [0.1, 0.15) is 6.10 Å². The minimum atomic E-state index is -0.457. The molecule has 1 rings (SSSR count). The fourth-order valence-corrected chi connectivity index (χ4v) is 1.12. The van der Waals surface area contributed by atoms with Crippen molar-refractivity contribution in [1.82, 2.24) is 0 Å². The van der Waals surface area contributed by atoms with Crippen LogP contribution in [0.5, 0.6) is 0 Å². The van der Waals surface area contributed by atoms with Gasteiger partial charge in [-0.25, -0.2) is 0 Å². The lowest BCUT2D eigenvalue weighted by molar-refractivity contribution is -0.0826. The molecule has 56 valence electrons. The molecular formula is C8H12O2. The Morgan fingerprint density at radius 3 is 2.80 bits per heavy atom. The van der Waals surface area contributed by atoms with E-state index in [1.807, 2.05) is 6.92 Å². The average Bonchev–Trinajstić information content (AvgIpc) is 1.94. The molecule has 3 atom stereocenters. The zero-order chi connectivity index (χ0) is 7.56. The van der Waals surface area contributed by atoms with Crippen molar-refractivity contribution in [2.75, 3.05) is 0 Å². The lowest BCUT2D eigenvalue weighted by Gasteiger charge is -2.28. The van der Waals surface area contributed by atoms with Crippen LogP contribution in [0.1, 0.15) is 19.8 Å². The Hall–Kier alpha value is -0.520. The summed E-state index contributed by atoms with van der Waals surface area (Å²) in [6.07, 6.45) is 6.14. The van der Waals surface area contributed by atoms with Gasteiger partial charge in [-0.15, -0.1) is 6.42 Å². The average molecular weight is 140 g/mol. The van der Waals surface area contributed by atoms with Crippen molar-refractivity contribution >= 4 is 0 Å². The number of rotatable bonds is 0. The summed E-state index contributed by atoms with van der Waals surface area (Å²) in [5.41, 5.74) is 0. The standard InChI is InChI=1S/C8H12O2/c1-3-8-7(9)5-4-6(2)10-8/h1,6-9H,4-5H2,2H3. The second-order valence-corrected chi connectivity index (χ2v) is 2.68. The van der Waals surface area contributed by atoms with Crippen LogP contribution in [0.2, 0.25) is 0 Å². The van der Waals surface area contributed by atoms with E-state index in [1.54, 1.807) is 0 Å². The molecular weight excluding hydrogens is 128 g/mol. The molecule has 0 spiro atoms. The first kappa shape index (κ1) is 7.59. The molecule has 1 N–H and O–H groups in total. The molecule has 0 bridgehead atoms. The molecule has 1 saturated heterocycles. The van der Waals surface area contributed by atoms with Crippen LogP contribution in [-0.4, -0.2) is 23.4 Å². The molecule has 0 aliphatic carbocycles. The van der Waals surface area contributed by atoms with Crippen molar-refractivity contribution in [3.8, 4) is 12.3 Å². The highest BCUT2D eigenvalue weighted by atomic mass is 16.5. The molecule has 1 aliphatic heterocycles. The van der Waals surface area contributed by atoms with Crippen LogP contribution in [-0.2, 0) is 4.74 Å². The van der Waals surface area contributed by atoms with E-state index < -0.39 is 6.10 Å². The maximum Gasteiger partial charge on any atom is 0.144 e. The lowest BCUT2D eigenvalue weighted by Crippen LogP contribution is -2.36. The van der Waals surface area contributed by atoms with Gasteiger partial charge >= 0.3 is 0 Å². The SMILES string of the molecule is C#CC1OC(C)CCC1O. The van der Waals surface area contributed by atoms with E-state index in [-0.39, 0.29) is 12.2 Å². The largest absolute Gasteiger partial charge is 0.389 e. The molecule has 1 fully saturated rings. The van der Waals surface area contributed by atoms with Crippen LogP contribution < -0.4 is 0 Å². The Morgan fingerprint density at radius 1 is 1.60 bits per heavy atom. The molecule has 3 unspecified atom stereocenters. The Bertz CT molecular complexity index is 148. The maximum absolute atomic E-state index is 9.22. The van der Waals surface area contributed by atoms with Gasteiger partial charge in [0.25, 0.3) is 0 Å². The van der Waals surface area contributed by atoms with Gasteiger partial charge in [-0.1, -0.05) is 5.92 Å². The van der Waals surface area contributed by atoms with Crippen LogP contribution >= 0.6 is 0 Å². The number of hydrogen-bond donors (Lipinski definition) is 1. The number of terminal acetylenes is 1. The fourth-order valence-electron chi connectivity index (χ4n) is 1.12. The molecule has 10 heavy (non-hydrogen) atoms. The Kier molecular flexibility index (Phi) is 2.31. The number of aliphatic hydroxyl groups excluding tert-OH is 1. The smallest absolute Gasteiger partial charge is 0.144 e. The van der Waals surface area contributed by atoms with Crippen molar-refractivity contribution in [3.05, 3.63) is 0 Å². The van der Waals surface area contributed by atoms with Gasteiger partial charge in [-0.05, 0) is 19.8 Å². The Labute approximate surface area is 61.2 Å². The van der Waals surface area contributed by atoms with Gasteiger partial charge < -0.3 is 9.84 Å². The van der Waals surface area contributed by atoms with E-state index in [0.29, 0.717) is 0 Å². The highest BCUT2D eigenvalue weighted by Crippen LogP contribution is 2.18. The van der Waals surface area contributed by atoms with Crippen LogP contribution in [0.4, 0.5) is 0 Å². The van der Waals surface area contributed by atoms with E-state index in [9.17, 15) is 5.11 Å². The third-order valence-electron chi connectivity index (χ3n) is 1.76. The molecule has 2 nitrogen and oxygen atoms in total. The molecule has 0 aromatic carbocycles. The van der Waals surface area contributed by atoms with Crippen LogP contribution in [0, 0.1) is 12.3 Å². The van der Waals surface area contributed by atoms with Gasteiger partial charge in [-0.2, -0.15) is 0 Å². The fraction of sp³-hybridized carbons (Fsp3) is 0.750. The predicted molar refractivity (Wildman–Crippen MR) is 38.4 cm³/mol. The normalized spacial score (nSPS) is 40.7. The third-order valence-corrected chi connectivity index (χ3v) is 1.76. The second kappa shape index (κ2) is 3.05. The van der Waals surface area contributed by atoms with Gasteiger partial charge in [0.15, 0.2) is 0 Å². The monoisotopic (exact) mass is 140 g/mol. The zero-order valence-electron chi connectivity index (χ0n) is 6.08. The summed E-state index contributed by atoms with van der Waals surface area (Å²) < 4.78 is 5.26. The Morgan fingerprint density at radius 2 is 2.30 bits per heavy atom. The molecule has 0 aromatic rings. The summed E-state index contributed by atoms with van der Waals surface area (Å²) in [6, 6.07) is 0. The minimum Gasteiger partial charge on any atom is -0.389 e. The van der Waals surface area contributed by atoms with Gasteiger partial charge in [0.2, 0.25) is 0 Å². The van der Waals surface area contributed by atoms with Crippen molar-refractivity contribution in [1.29, 1.82) is 0 Å². The summed E-state index contributed by atoms with van der Waals surface area (Å²) in [5.74, 6) is 2.41. The van der Waals surface area contributed by atoms with Crippen molar-refractivity contribution in [2.24, 2.45) is 0 Å². The zero-order valence-corrected chi connectivity index (χ0v) is 6.08. The molecule has 0 saturated carbocycles. The summed E-state index contributed by atoms with van der Waals surface area (Å²) >= 11 is 0. The summed E-state index contributed by atoms with van der Waals surface area (Å²) in [7, 11) is 0. The number of aliphatic hydroxyl groups is 1. The lowest BCUT2D eigenvalue weighted by atomic mass is 10.0. The van der Waals surface area contributed by atoms with Crippen LogP contribution in [0.25, 0.3) is 0 Å². The minimum absolute atomic E-state index is 0.199.